The highest BCUT2D eigenvalue weighted by Crippen LogP contribution is 2.49. The second-order valence-electron chi connectivity index (χ2n) is 8.65. The van der Waals surface area contributed by atoms with Crippen molar-refractivity contribution in [3.8, 4) is 23.7 Å². The molecule has 0 spiro atoms. The third kappa shape index (κ3) is 3.51. The van der Waals surface area contributed by atoms with Gasteiger partial charge in [-0.1, -0.05) is 96.5 Å². The molecule has 164 valence electrons. The minimum absolute atomic E-state index is 0.546. The van der Waals surface area contributed by atoms with Crippen molar-refractivity contribution in [2.45, 2.75) is 25.0 Å². The van der Waals surface area contributed by atoms with Gasteiger partial charge in [0.25, 0.3) is 0 Å². The highest BCUT2D eigenvalue weighted by atomic mass is 16.3. The molecule has 0 amide bonds. The maximum Gasteiger partial charge on any atom is 0.178 e. The molecule has 5 rings (SSSR count). The summed E-state index contributed by atoms with van der Waals surface area (Å²) < 4.78 is 0. The van der Waals surface area contributed by atoms with Crippen LogP contribution in [0.5, 0.6) is 0 Å². The Hall–Kier alpha value is -4.08. The zero-order valence-electron chi connectivity index (χ0n) is 19.1. The van der Waals surface area contributed by atoms with E-state index in [9.17, 15) is 10.2 Å². The first kappa shape index (κ1) is 21.7. The van der Waals surface area contributed by atoms with Gasteiger partial charge in [0.05, 0.1) is 0 Å². The Morgan fingerprint density at radius 3 is 1.24 bits per heavy atom. The molecule has 1 aliphatic rings. The molecule has 2 nitrogen and oxygen atoms in total. The monoisotopic (exact) mass is 440 g/mol. The lowest BCUT2D eigenvalue weighted by Crippen LogP contribution is -2.43. The minimum atomic E-state index is -1.60. The van der Waals surface area contributed by atoms with Crippen LogP contribution in [0.2, 0.25) is 0 Å². The van der Waals surface area contributed by atoms with Crippen LogP contribution in [-0.4, -0.2) is 10.2 Å². The van der Waals surface area contributed by atoms with E-state index in [1.807, 2.05) is 111 Å². The molecule has 34 heavy (non-hydrogen) atoms. The van der Waals surface area contributed by atoms with Crippen molar-refractivity contribution in [1.29, 1.82) is 0 Å². The van der Waals surface area contributed by atoms with E-state index in [2.05, 4.69) is 23.7 Å². The molecule has 0 saturated carbocycles. The van der Waals surface area contributed by atoms with Crippen molar-refractivity contribution in [2.24, 2.45) is 0 Å². The summed E-state index contributed by atoms with van der Waals surface area (Å²) in [6.45, 7) is 3.87. The molecule has 0 aromatic heterocycles. The van der Waals surface area contributed by atoms with Gasteiger partial charge >= 0.3 is 0 Å². The molecule has 2 N–H and O–H groups in total. The minimum Gasteiger partial charge on any atom is -0.369 e. The van der Waals surface area contributed by atoms with Crippen LogP contribution in [0.1, 0.15) is 44.5 Å². The summed E-state index contributed by atoms with van der Waals surface area (Å²) in [6, 6.07) is 30.5. The first-order valence-corrected chi connectivity index (χ1v) is 11.3. The summed E-state index contributed by atoms with van der Waals surface area (Å²) in [5.41, 5.74) is 2.40. The molecule has 0 aliphatic heterocycles. The first-order chi connectivity index (χ1) is 16.4. The SMILES string of the molecule is Cc1ccc(C)c2c1[C@@](O)(C#Cc1ccccc1)c1ccccc1[C@]2(O)C#Cc1ccccc1. The predicted molar refractivity (Wildman–Crippen MR) is 135 cm³/mol. The Morgan fingerprint density at radius 2 is 0.853 bits per heavy atom. The van der Waals surface area contributed by atoms with Gasteiger partial charge < -0.3 is 10.2 Å². The van der Waals surface area contributed by atoms with Crippen molar-refractivity contribution in [2.75, 3.05) is 0 Å². The Kier molecular flexibility index (Phi) is 5.35. The van der Waals surface area contributed by atoms with Crippen LogP contribution in [-0.2, 0) is 11.2 Å². The van der Waals surface area contributed by atoms with Gasteiger partial charge in [0.15, 0.2) is 11.2 Å². The van der Waals surface area contributed by atoms with Crippen LogP contribution in [0.3, 0.4) is 0 Å². The van der Waals surface area contributed by atoms with Crippen LogP contribution in [0.25, 0.3) is 0 Å². The normalized spacial score (nSPS) is 20.1. The molecule has 0 bridgehead atoms. The second-order valence-corrected chi connectivity index (χ2v) is 8.65. The Labute approximate surface area is 200 Å². The third-order valence-electron chi connectivity index (χ3n) is 6.38. The lowest BCUT2D eigenvalue weighted by atomic mass is 9.65. The maximum atomic E-state index is 12.2. The van der Waals surface area contributed by atoms with Crippen LogP contribution in [0.15, 0.2) is 97.1 Å². The van der Waals surface area contributed by atoms with E-state index in [0.29, 0.717) is 22.3 Å². The molecule has 1 aliphatic carbocycles. The zero-order valence-corrected chi connectivity index (χ0v) is 19.1. The van der Waals surface area contributed by atoms with Crippen molar-refractivity contribution in [3.05, 3.63) is 142 Å². The molecule has 4 aromatic rings. The lowest BCUT2D eigenvalue weighted by molar-refractivity contribution is 0.0933. The number of rotatable bonds is 0. The summed E-state index contributed by atoms with van der Waals surface area (Å²) >= 11 is 0. The number of hydrogen-bond acceptors (Lipinski definition) is 2. The maximum absolute atomic E-state index is 12.2. The Bertz CT molecular complexity index is 1380. The van der Waals surface area contributed by atoms with Crippen molar-refractivity contribution in [1.82, 2.24) is 0 Å². The van der Waals surface area contributed by atoms with Crippen LogP contribution >= 0.6 is 0 Å². The third-order valence-corrected chi connectivity index (χ3v) is 6.38. The van der Waals surface area contributed by atoms with E-state index in [1.54, 1.807) is 0 Å². The van der Waals surface area contributed by atoms with Gasteiger partial charge in [-0.15, -0.1) is 0 Å². The zero-order chi connectivity index (χ0) is 23.8. The number of benzene rings is 4. The fourth-order valence-corrected chi connectivity index (χ4v) is 4.75. The molecule has 0 saturated heterocycles. The van der Waals surface area contributed by atoms with Crippen LogP contribution in [0.4, 0.5) is 0 Å². The Morgan fingerprint density at radius 1 is 0.500 bits per heavy atom. The lowest BCUT2D eigenvalue weighted by Gasteiger charge is -2.41. The van der Waals surface area contributed by atoms with Gasteiger partial charge in [-0.05, 0) is 49.2 Å². The molecular formula is C32H24O2. The highest BCUT2D eigenvalue weighted by Gasteiger charge is 2.49. The summed E-state index contributed by atoms with van der Waals surface area (Å²) in [5.74, 6) is 12.6. The van der Waals surface area contributed by atoms with E-state index >= 15 is 0 Å². The topological polar surface area (TPSA) is 40.5 Å². The van der Waals surface area contributed by atoms with E-state index < -0.39 is 11.2 Å². The second kappa shape index (κ2) is 8.36. The highest BCUT2D eigenvalue weighted by molar-refractivity contribution is 5.68. The summed E-state index contributed by atoms with van der Waals surface area (Å²) in [6.07, 6.45) is 0. The van der Waals surface area contributed by atoms with Crippen LogP contribution in [0, 0.1) is 37.5 Å². The molecule has 4 aromatic carbocycles. The average molecular weight is 441 g/mol. The number of hydrogen-bond donors (Lipinski definition) is 2. The summed E-state index contributed by atoms with van der Waals surface area (Å²) in [5, 5.41) is 24.5. The molecule has 2 heteroatoms. The van der Waals surface area contributed by atoms with Gasteiger partial charge in [-0.25, -0.2) is 0 Å². The van der Waals surface area contributed by atoms with E-state index in [4.69, 9.17) is 0 Å². The van der Waals surface area contributed by atoms with E-state index in [0.717, 1.165) is 22.3 Å². The summed E-state index contributed by atoms with van der Waals surface area (Å²) in [7, 11) is 0. The number of aliphatic hydroxyl groups is 2. The molecule has 2 atom stereocenters. The van der Waals surface area contributed by atoms with Gasteiger partial charge in [-0.3, -0.25) is 0 Å². The van der Waals surface area contributed by atoms with Crippen LogP contribution < -0.4 is 0 Å². The molecule has 0 radical (unpaired) electrons. The van der Waals surface area contributed by atoms with E-state index in [-0.39, 0.29) is 0 Å². The molecule has 0 fully saturated rings. The largest absolute Gasteiger partial charge is 0.369 e. The van der Waals surface area contributed by atoms with Crippen molar-refractivity contribution >= 4 is 0 Å². The Balaban J connectivity index is 1.82. The van der Waals surface area contributed by atoms with Crippen molar-refractivity contribution < 1.29 is 10.2 Å². The fraction of sp³-hybridized carbons (Fsp3) is 0.125. The fourth-order valence-electron chi connectivity index (χ4n) is 4.75. The summed E-state index contributed by atoms with van der Waals surface area (Å²) in [4.78, 5) is 0. The average Bonchev–Trinajstić information content (AvgIpc) is 2.88. The standard InChI is InChI=1S/C32H24O2/c1-23-17-18-24(2)30-29(23)31(33,21-19-25-11-5-3-6-12-25)27-15-9-10-16-28(27)32(30,34)22-20-26-13-7-4-8-14-26/h3-18,33-34H,1-2H3/t31-,32-/m1/s1. The molecular weight excluding hydrogens is 416 g/mol. The molecule has 0 heterocycles. The smallest absolute Gasteiger partial charge is 0.178 e. The van der Waals surface area contributed by atoms with Crippen molar-refractivity contribution in [3.63, 3.8) is 0 Å². The first-order valence-electron chi connectivity index (χ1n) is 11.3. The number of fused-ring (bicyclic) bond motifs is 2. The van der Waals surface area contributed by atoms with Gasteiger partial charge in [0.1, 0.15) is 0 Å². The predicted octanol–water partition coefficient (Wildman–Crippen LogP) is 5.19. The number of aryl methyl sites for hydroxylation is 2. The van der Waals surface area contributed by atoms with Gasteiger partial charge in [0.2, 0.25) is 0 Å². The van der Waals surface area contributed by atoms with Gasteiger partial charge in [0, 0.05) is 33.4 Å². The molecule has 0 unspecified atom stereocenters. The van der Waals surface area contributed by atoms with E-state index in [1.165, 1.54) is 0 Å². The quantitative estimate of drug-likeness (QED) is 0.370. The van der Waals surface area contributed by atoms with Gasteiger partial charge in [-0.2, -0.15) is 0 Å².